The van der Waals surface area contributed by atoms with E-state index >= 15 is 0 Å². The topological polar surface area (TPSA) is 33.1 Å². The lowest BCUT2D eigenvalue weighted by atomic mass is 9.87. The molecule has 0 radical (unpaired) electrons. The van der Waals surface area contributed by atoms with Crippen molar-refractivity contribution in [1.82, 2.24) is 4.98 Å². The summed E-state index contributed by atoms with van der Waals surface area (Å²) in [5.41, 5.74) is 5.29. The third kappa shape index (κ3) is 1.87. The predicted molar refractivity (Wildman–Crippen MR) is 78.6 cm³/mol. The van der Waals surface area contributed by atoms with E-state index < -0.39 is 0 Å². The first-order valence-electron chi connectivity index (χ1n) is 7.51. The van der Waals surface area contributed by atoms with Gasteiger partial charge in [0.25, 0.3) is 0 Å². The van der Waals surface area contributed by atoms with Gasteiger partial charge in [0.2, 0.25) is 0 Å². The van der Waals surface area contributed by atoms with Gasteiger partial charge in [0.1, 0.15) is 0 Å². The Hall–Kier alpha value is -1.67. The minimum absolute atomic E-state index is 0.227. The number of aliphatic hydroxyl groups excluding tert-OH is 1. The first-order chi connectivity index (χ1) is 9.83. The van der Waals surface area contributed by atoms with E-state index in [1.807, 2.05) is 12.3 Å². The molecule has 1 heterocycles. The quantitative estimate of drug-likeness (QED) is 0.905. The van der Waals surface area contributed by atoms with Crippen LogP contribution in [-0.4, -0.2) is 16.2 Å². The molecule has 2 nitrogen and oxygen atoms in total. The zero-order valence-corrected chi connectivity index (χ0v) is 11.5. The summed E-state index contributed by atoms with van der Waals surface area (Å²) < 4.78 is 0. The monoisotopic (exact) mass is 265 g/mol. The van der Waals surface area contributed by atoms with Gasteiger partial charge in [-0.2, -0.15) is 0 Å². The first kappa shape index (κ1) is 12.1. The zero-order chi connectivity index (χ0) is 13.5. The highest BCUT2D eigenvalue weighted by Crippen LogP contribution is 2.40. The molecule has 0 aliphatic heterocycles. The minimum Gasteiger partial charge on any atom is -0.392 e. The number of pyridine rings is 1. The molecular weight excluding hydrogens is 246 g/mol. The van der Waals surface area contributed by atoms with Crippen LogP contribution >= 0.6 is 0 Å². The summed E-state index contributed by atoms with van der Waals surface area (Å²) in [5.74, 6) is 0.580. The molecule has 20 heavy (non-hydrogen) atoms. The molecule has 0 fully saturated rings. The molecule has 0 saturated heterocycles. The molecule has 2 aromatic rings. The molecule has 102 valence electrons. The van der Waals surface area contributed by atoms with E-state index in [1.54, 1.807) is 0 Å². The van der Waals surface area contributed by atoms with Gasteiger partial charge in [-0.3, -0.25) is 4.98 Å². The number of aliphatic hydroxyl groups is 1. The fraction of sp³-hybridized carbons (Fsp3) is 0.389. The molecule has 0 bridgehead atoms. The molecular formula is C18H19NO. The Bertz CT molecular complexity index is 612. The van der Waals surface area contributed by atoms with E-state index in [9.17, 15) is 5.11 Å². The fourth-order valence-electron chi connectivity index (χ4n) is 3.94. The van der Waals surface area contributed by atoms with E-state index in [4.69, 9.17) is 0 Å². The van der Waals surface area contributed by atoms with Crippen LogP contribution in [0.25, 0.3) is 0 Å². The Morgan fingerprint density at radius 2 is 1.70 bits per heavy atom. The average molecular weight is 265 g/mol. The molecule has 2 atom stereocenters. The van der Waals surface area contributed by atoms with Crippen LogP contribution in [0.15, 0.2) is 42.6 Å². The Labute approximate surface area is 119 Å². The van der Waals surface area contributed by atoms with Crippen molar-refractivity contribution in [1.29, 1.82) is 0 Å². The Balaban J connectivity index is 1.57. The molecule has 1 aromatic carbocycles. The standard InChI is InChI=1S/C18H19NO/c20-18(15-10-13-4-1-2-5-14(13)11-15)16-8-7-12-6-3-9-19-17(12)16/h1-6,9,15-16,18,20H,7-8,10-11H2. The van der Waals surface area contributed by atoms with Crippen LogP contribution in [0.2, 0.25) is 0 Å². The fourth-order valence-corrected chi connectivity index (χ4v) is 3.94. The summed E-state index contributed by atoms with van der Waals surface area (Å²) in [7, 11) is 0. The number of benzene rings is 1. The van der Waals surface area contributed by atoms with E-state index in [0.717, 1.165) is 31.4 Å². The van der Waals surface area contributed by atoms with Gasteiger partial charge in [-0.05, 0) is 54.4 Å². The number of nitrogens with zero attached hydrogens (tertiary/aromatic N) is 1. The van der Waals surface area contributed by atoms with Crippen molar-refractivity contribution in [3.05, 3.63) is 65.0 Å². The van der Waals surface area contributed by atoms with Crippen LogP contribution in [0.3, 0.4) is 0 Å². The molecule has 2 heteroatoms. The van der Waals surface area contributed by atoms with Crippen molar-refractivity contribution < 1.29 is 5.11 Å². The van der Waals surface area contributed by atoms with Gasteiger partial charge in [-0.15, -0.1) is 0 Å². The molecule has 2 unspecified atom stereocenters. The van der Waals surface area contributed by atoms with Crippen LogP contribution in [0.4, 0.5) is 0 Å². The summed E-state index contributed by atoms with van der Waals surface area (Å²) >= 11 is 0. The molecule has 0 spiro atoms. The lowest BCUT2D eigenvalue weighted by Crippen LogP contribution is -2.27. The van der Waals surface area contributed by atoms with Gasteiger partial charge in [0.05, 0.1) is 6.10 Å². The number of aryl methyl sites for hydroxylation is 1. The summed E-state index contributed by atoms with van der Waals surface area (Å²) in [6.45, 7) is 0. The van der Waals surface area contributed by atoms with Crippen molar-refractivity contribution >= 4 is 0 Å². The van der Waals surface area contributed by atoms with Gasteiger partial charge >= 0.3 is 0 Å². The van der Waals surface area contributed by atoms with Gasteiger partial charge in [0, 0.05) is 17.8 Å². The number of fused-ring (bicyclic) bond motifs is 2. The summed E-state index contributed by atoms with van der Waals surface area (Å²) in [4.78, 5) is 4.52. The maximum atomic E-state index is 10.8. The van der Waals surface area contributed by atoms with Crippen LogP contribution in [-0.2, 0) is 19.3 Å². The number of aromatic nitrogens is 1. The Kier molecular flexibility index (Phi) is 2.85. The summed E-state index contributed by atoms with van der Waals surface area (Å²) in [5, 5.41) is 10.8. The van der Waals surface area contributed by atoms with Crippen LogP contribution in [0.1, 0.15) is 34.7 Å². The largest absolute Gasteiger partial charge is 0.392 e. The third-order valence-corrected chi connectivity index (χ3v) is 4.98. The van der Waals surface area contributed by atoms with Gasteiger partial charge in [-0.1, -0.05) is 30.3 Å². The molecule has 0 amide bonds. The van der Waals surface area contributed by atoms with Crippen molar-refractivity contribution in [2.24, 2.45) is 5.92 Å². The van der Waals surface area contributed by atoms with Crippen LogP contribution in [0, 0.1) is 5.92 Å². The highest BCUT2D eigenvalue weighted by atomic mass is 16.3. The van der Waals surface area contributed by atoms with E-state index in [-0.39, 0.29) is 12.0 Å². The highest BCUT2D eigenvalue weighted by molar-refractivity contribution is 5.34. The normalized spacial score (nSPS) is 22.6. The average Bonchev–Trinajstić information content (AvgIpc) is 3.10. The minimum atomic E-state index is -0.265. The van der Waals surface area contributed by atoms with Gasteiger partial charge in [-0.25, -0.2) is 0 Å². The number of hydrogen-bond acceptors (Lipinski definition) is 2. The molecule has 1 N–H and O–H groups in total. The second-order valence-corrected chi connectivity index (χ2v) is 6.12. The van der Waals surface area contributed by atoms with E-state index in [0.29, 0.717) is 5.92 Å². The van der Waals surface area contributed by atoms with Crippen molar-refractivity contribution in [3.8, 4) is 0 Å². The Morgan fingerprint density at radius 3 is 2.45 bits per heavy atom. The number of hydrogen-bond donors (Lipinski definition) is 1. The highest BCUT2D eigenvalue weighted by Gasteiger charge is 2.36. The molecule has 0 saturated carbocycles. The van der Waals surface area contributed by atoms with Gasteiger partial charge in [0.15, 0.2) is 0 Å². The van der Waals surface area contributed by atoms with E-state index in [1.165, 1.54) is 16.7 Å². The van der Waals surface area contributed by atoms with Crippen molar-refractivity contribution in [3.63, 3.8) is 0 Å². The second-order valence-electron chi connectivity index (χ2n) is 6.12. The van der Waals surface area contributed by atoms with Gasteiger partial charge < -0.3 is 5.11 Å². The maximum absolute atomic E-state index is 10.8. The van der Waals surface area contributed by atoms with Crippen molar-refractivity contribution in [2.45, 2.75) is 37.7 Å². The smallest absolute Gasteiger partial charge is 0.0658 e. The van der Waals surface area contributed by atoms with Crippen LogP contribution in [0.5, 0.6) is 0 Å². The summed E-state index contributed by atoms with van der Waals surface area (Å²) in [6, 6.07) is 12.7. The molecule has 2 aliphatic carbocycles. The Morgan fingerprint density at radius 1 is 1.00 bits per heavy atom. The third-order valence-electron chi connectivity index (χ3n) is 4.98. The molecule has 1 aromatic heterocycles. The lowest BCUT2D eigenvalue weighted by molar-refractivity contribution is 0.0833. The van der Waals surface area contributed by atoms with E-state index in [2.05, 4.69) is 35.3 Å². The molecule has 4 rings (SSSR count). The second kappa shape index (κ2) is 4.71. The van der Waals surface area contributed by atoms with Crippen LogP contribution < -0.4 is 0 Å². The zero-order valence-electron chi connectivity index (χ0n) is 11.5. The first-order valence-corrected chi connectivity index (χ1v) is 7.51. The predicted octanol–water partition coefficient (Wildman–Crippen LogP) is 2.89. The SMILES string of the molecule is OC(C1Cc2ccccc2C1)C1CCc2cccnc21. The number of rotatable bonds is 2. The lowest BCUT2D eigenvalue weighted by Gasteiger charge is -2.24. The molecule has 2 aliphatic rings. The maximum Gasteiger partial charge on any atom is 0.0658 e. The summed E-state index contributed by atoms with van der Waals surface area (Å²) in [6.07, 6.45) is 5.71. The van der Waals surface area contributed by atoms with Crippen molar-refractivity contribution in [2.75, 3.05) is 0 Å².